The normalized spacial score (nSPS) is 20.5. The van der Waals surface area contributed by atoms with E-state index < -0.39 is 0 Å². The van der Waals surface area contributed by atoms with Gasteiger partial charge in [-0.05, 0) is 30.5 Å². The number of ether oxygens (including phenoxy) is 1. The zero-order valence-electron chi connectivity index (χ0n) is 17.6. The van der Waals surface area contributed by atoms with Crippen LogP contribution in [-0.2, 0) is 9.53 Å². The molecule has 1 atom stereocenters. The van der Waals surface area contributed by atoms with Crippen molar-refractivity contribution in [3.05, 3.63) is 60.1 Å². The molecule has 1 saturated heterocycles. The van der Waals surface area contributed by atoms with Crippen molar-refractivity contribution in [2.24, 2.45) is 0 Å². The fourth-order valence-electron chi connectivity index (χ4n) is 4.86. The second-order valence-corrected chi connectivity index (χ2v) is 8.40. The van der Waals surface area contributed by atoms with Gasteiger partial charge in [0.2, 0.25) is 5.91 Å². The lowest BCUT2D eigenvalue weighted by molar-refractivity contribution is -0.121. The lowest BCUT2D eigenvalue weighted by atomic mass is 9.79. The van der Waals surface area contributed by atoms with Gasteiger partial charge in [-0.1, -0.05) is 49.6 Å². The standard InChI is InChI=1S/C24H33N3O3/c28-22(18-25-23(21-10-7-15-30-21)20-8-3-1-4-9-20)26-19-24(11-5-2-6-12-24)27-13-16-29-17-14-27/h1,3-4,7-10,15,23,25H,2,5-6,11-14,16-19H2,(H,26,28)/t23-/m1/s1. The maximum absolute atomic E-state index is 12.8. The lowest BCUT2D eigenvalue weighted by Crippen LogP contribution is -2.60. The van der Waals surface area contributed by atoms with Gasteiger partial charge in [0.15, 0.2) is 0 Å². The molecule has 0 unspecified atom stereocenters. The predicted molar refractivity (Wildman–Crippen MR) is 116 cm³/mol. The first-order valence-corrected chi connectivity index (χ1v) is 11.2. The summed E-state index contributed by atoms with van der Waals surface area (Å²) in [6.45, 7) is 4.47. The topological polar surface area (TPSA) is 66.7 Å². The molecule has 2 aromatic rings. The number of benzene rings is 1. The van der Waals surface area contributed by atoms with Crippen LogP contribution in [-0.4, -0.2) is 55.7 Å². The molecule has 6 nitrogen and oxygen atoms in total. The molecule has 0 bridgehead atoms. The highest BCUT2D eigenvalue weighted by atomic mass is 16.5. The lowest BCUT2D eigenvalue weighted by Gasteiger charge is -2.48. The van der Waals surface area contributed by atoms with Gasteiger partial charge in [0.05, 0.1) is 32.1 Å². The number of furan rings is 1. The first kappa shape index (κ1) is 21.1. The van der Waals surface area contributed by atoms with Gasteiger partial charge in [0.1, 0.15) is 5.76 Å². The van der Waals surface area contributed by atoms with Gasteiger partial charge >= 0.3 is 0 Å². The van der Waals surface area contributed by atoms with E-state index in [2.05, 4.69) is 15.5 Å². The van der Waals surface area contributed by atoms with Gasteiger partial charge in [0.25, 0.3) is 0 Å². The van der Waals surface area contributed by atoms with Gasteiger partial charge in [-0.15, -0.1) is 0 Å². The second-order valence-electron chi connectivity index (χ2n) is 8.40. The number of hydrogen-bond acceptors (Lipinski definition) is 5. The van der Waals surface area contributed by atoms with Gasteiger partial charge in [-0.25, -0.2) is 0 Å². The Labute approximate surface area is 179 Å². The molecular formula is C24H33N3O3. The number of nitrogens with zero attached hydrogens (tertiary/aromatic N) is 1. The Balaban J connectivity index is 1.36. The maximum Gasteiger partial charge on any atom is 0.234 e. The Hall–Kier alpha value is -2.15. The van der Waals surface area contributed by atoms with Crippen LogP contribution < -0.4 is 10.6 Å². The molecule has 1 aliphatic heterocycles. The van der Waals surface area contributed by atoms with Crippen molar-refractivity contribution in [2.75, 3.05) is 39.4 Å². The summed E-state index contributed by atoms with van der Waals surface area (Å²) in [4.78, 5) is 15.3. The summed E-state index contributed by atoms with van der Waals surface area (Å²) in [6, 6.07) is 13.8. The smallest absolute Gasteiger partial charge is 0.234 e. The molecule has 1 aliphatic carbocycles. The zero-order valence-corrected chi connectivity index (χ0v) is 17.6. The summed E-state index contributed by atoms with van der Waals surface area (Å²) in [5.41, 5.74) is 1.16. The van der Waals surface area contributed by atoms with Crippen LogP contribution in [0.3, 0.4) is 0 Å². The quantitative estimate of drug-likeness (QED) is 0.699. The number of nitrogens with one attached hydrogen (secondary N) is 2. The van der Waals surface area contributed by atoms with Crippen LogP contribution in [0.25, 0.3) is 0 Å². The van der Waals surface area contributed by atoms with Crippen molar-refractivity contribution in [2.45, 2.75) is 43.7 Å². The highest BCUT2D eigenvalue weighted by Crippen LogP contribution is 2.33. The first-order valence-electron chi connectivity index (χ1n) is 11.2. The average molecular weight is 412 g/mol. The monoisotopic (exact) mass is 411 g/mol. The number of morpholine rings is 1. The molecule has 0 spiro atoms. The largest absolute Gasteiger partial charge is 0.467 e. The van der Waals surface area contributed by atoms with Crippen LogP contribution in [0.4, 0.5) is 0 Å². The van der Waals surface area contributed by atoms with E-state index in [1.54, 1.807) is 6.26 Å². The summed E-state index contributed by atoms with van der Waals surface area (Å²) in [6.07, 6.45) is 7.74. The van der Waals surface area contributed by atoms with Crippen molar-refractivity contribution >= 4 is 5.91 Å². The van der Waals surface area contributed by atoms with Crippen molar-refractivity contribution < 1.29 is 13.9 Å². The summed E-state index contributed by atoms with van der Waals surface area (Å²) in [5.74, 6) is 0.840. The molecule has 2 N–H and O–H groups in total. The van der Waals surface area contributed by atoms with Crippen molar-refractivity contribution in [1.29, 1.82) is 0 Å². The zero-order chi connectivity index (χ0) is 20.7. The molecule has 0 radical (unpaired) electrons. The number of hydrogen-bond donors (Lipinski definition) is 2. The summed E-state index contributed by atoms with van der Waals surface area (Å²) in [7, 11) is 0. The second kappa shape index (κ2) is 10.2. The molecule has 1 aromatic carbocycles. The van der Waals surface area contributed by atoms with E-state index in [-0.39, 0.29) is 24.0 Å². The Morgan fingerprint density at radius 3 is 2.50 bits per heavy atom. The highest BCUT2D eigenvalue weighted by Gasteiger charge is 2.38. The van der Waals surface area contributed by atoms with E-state index in [9.17, 15) is 4.79 Å². The predicted octanol–water partition coefficient (Wildman–Crippen LogP) is 3.11. The molecule has 2 heterocycles. The minimum atomic E-state index is -0.144. The first-order chi connectivity index (χ1) is 14.8. The number of rotatable bonds is 8. The summed E-state index contributed by atoms with van der Waals surface area (Å²) >= 11 is 0. The van der Waals surface area contributed by atoms with Crippen molar-refractivity contribution in [3.8, 4) is 0 Å². The van der Waals surface area contributed by atoms with E-state index in [1.165, 1.54) is 19.3 Å². The number of amides is 1. The van der Waals surface area contributed by atoms with E-state index in [4.69, 9.17) is 9.15 Å². The SMILES string of the molecule is O=C(CN[C@H](c1ccccc1)c1ccco1)NCC1(N2CCOCC2)CCCCC1. The molecule has 1 aromatic heterocycles. The Morgan fingerprint density at radius 2 is 1.80 bits per heavy atom. The van der Waals surface area contributed by atoms with Crippen LogP contribution in [0, 0.1) is 0 Å². The summed E-state index contributed by atoms with van der Waals surface area (Å²) < 4.78 is 11.2. The van der Waals surface area contributed by atoms with E-state index in [0.717, 1.165) is 50.5 Å². The third kappa shape index (κ3) is 5.12. The maximum atomic E-state index is 12.8. The van der Waals surface area contributed by atoms with Crippen LogP contribution in [0.15, 0.2) is 53.1 Å². The molecule has 162 valence electrons. The van der Waals surface area contributed by atoms with E-state index in [0.29, 0.717) is 6.54 Å². The van der Waals surface area contributed by atoms with Crippen LogP contribution in [0.2, 0.25) is 0 Å². The van der Waals surface area contributed by atoms with Crippen molar-refractivity contribution in [3.63, 3.8) is 0 Å². The Morgan fingerprint density at radius 1 is 1.03 bits per heavy atom. The third-order valence-electron chi connectivity index (χ3n) is 6.51. The van der Waals surface area contributed by atoms with Gasteiger partial charge in [-0.3, -0.25) is 15.0 Å². The van der Waals surface area contributed by atoms with Gasteiger partial charge in [0, 0.05) is 25.2 Å². The molecule has 2 fully saturated rings. The highest BCUT2D eigenvalue weighted by molar-refractivity contribution is 5.78. The average Bonchev–Trinajstić information content (AvgIpc) is 3.34. The summed E-state index contributed by atoms with van der Waals surface area (Å²) in [5, 5.41) is 6.61. The van der Waals surface area contributed by atoms with E-state index >= 15 is 0 Å². The van der Waals surface area contributed by atoms with E-state index in [1.807, 2.05) is 42.5 Å². The minimum absolute atomic E-state index is 0.0284. The Kier molecular flexibility index (Phi) is 7.20. The molecule has 2 aliphatic rings. The number of carbonyl (C=O) groups excluding carboxylic acids is 1. The molecule has 6 heteroatoms. The fraction of sp³-hybridized carbons (Fsp3) is 0.542. The van der Waals surface area contributed by atoms with Gasteiger partial charge in [-0.2, -0.15) is 0 Å². The van der Waals surface area contributed by atoms with Gasteiger partial charge < -0.3 is 14.5 Å². The van der Waals surface area contributed by atoms with Crippen molar-refractivity contribution in [1.82, 2.24) is 15.5 Å². The Bertz CT molecular complexity index is 766. The molecule has 1 amide bonds. The molecule has 4 rings (SSSR count). The number of carbonyl (C=O) groups is 1. The minimum Gasteiger partial charge on any atom is -0.467 e. The molecular weight excluding hydrogens is 378 g/mol. The molecule has 1 saturated carbocycles. The van der Waals surface area contributed by atoms with Crippen LogP contribution in [0.1, 0.15) is 49.5 Å². The van der Waals surface area contributed by atoms with Crippen LogP contribution in [0.5, 0.6) is 0 Å². The van der Waals surface area contributed by atoms with Crippen LogP contribution >= 0.6 is 0 Å². The molecule has 30 heavy (non-hydrogen) atoms. The third-order valence-corrected chi connectivity index (χ3v) is 6.51. The fourth-order valence-corrected chi connectivity index (χ4v) is 4.86.